The van der Waals surface area contributed by atoms with Crippen LogP contribution in [0.5, 0.6) is 5.75 Å². The molecule has 29 heavy (non-hydrogen) atoms. The summed E-state index contributed by atoms with van der Waals surface area (Å²) >= 11 is 0. The minimum absolute atomic E-state index is 0. The van der Waals surface area contributed by atoms with E-state index in [1.54, 1.807) is 20.9 Å². The monoisotopic (exact) mass is 538 g/mol. The third kappa shape index (κ3) is 7.67. The lowest BCUT2D eigenvalue weighted by molar-refractivity contribution is 0.336. The highest BCUT2D eigenvalue weighted by Gasteiger charge is 2.23. The molecule has 0 saturated carbocycles. The molecular formula is C19H31IN4O4S. The van der Waals surface area contributed by atoms with Crippen molar-refractivity contribution in [3.63, 3.8) is 0 Å². The summed E-state index contributed by atoms with van der Waals surface area (Å²) in [6.07, 6.45) is 1.14. The van der Waals surface area contributed by atoms with Gasteiger partial charge in [-0.05, 0) is 39.8 Å². The smallest absolute Gasteiger partial charge is 0.209 e. The van der Waals surface area contributed by atoms with Crippen molar-refractivity contribution in [2.75, 3.05) is 26.5 Å². The van der Waals surface area contributed by atoms with Crippen molar-refractivity contribution in [2.24, 2.45) is 4.99 Å². The molecule has 8 nitrogen and oxygen atoms in total. The van der Waals surface area contributed by atoms with Crippen molar-refractivity contribution in [1.82, 2.24) is 15.4 Å². The Morgan fingerprint density at radius 2 is 2.03 bits per heavy atom. The molecule has 0 aliphatic carbocycles. The Hall–Kier alpha value is -1.53. The van der Waals surface area contributed by atoms with Crippen LogP contribution in [-0.4, -0.2) is 46.4 Å². The number of guanidine groups is 1. The standard InChI is InChI=1S/C19H30N4O4S.HI/c1-7-26-15-10-8-9-14-11-16(27-17(14)15)13(2)22-18(20-5)21-12-19(3,4)23-28(6,24)25;/h8-11,13,23H,7,12H2,1-6H3,(H2,20,21,22);1H. The van der Waals surface area contributed by atoms with Crippen molar-refractivity contribution < 1.29 is 17.6 Å². The van der Waals surface area contributed by atoms with E-state index in [-0.39, 0.29) is 30.0 Å². The molecule has 1 atom stereocenters. The van der Waals surface area contributed by atoms with Crippen molar-refractivity contribution >= 4 is 50.9 Å². The normalized spacial score (nSPS) is 13.7. The van der Waals surface area contributed by atoms with E-state index >= 15 is 0 Å². The summed E-state index contributed by atoms with van der Waals surface area (Å²) in [5, 5.41) is 7.37. The summed E-state index contributed by atoms with van der Waals surface area (Å²) in [7, 11) is -1.65. The fourth-order valence-electron chi connectivity index (χ4n) is 2.85. The Morgan fingerprint density at radius 1 is 1.34 bits per heavy atom. The van der Waals surface area contributed by atoms with Crippen LogP contribution in [0.4, 0.5) is 0 Å². The van der Waals surface area contributed by atoms with Crippen LogP contribution in [0.3, 0.4) is 0 Å². The Kier molecular flexibility index (Phi) is 9.22. The Morgan fingerprint density at radius 3 is 2.62 bits per heavy atom. The lowest BCUT2D eigenvalue weighted by Crippen LogP contribution is -2.53. The number of para-hydroxylation sites is 1. The molecule has 0 fully saturated rings. The molecule has 0 saturated heterocycles. The van der Waals surface area contributed by atoms with Crippen LogP contribution >= 0.6 is 24.0 Å². The number of hydrogen-bond acceptors (Lipinski definition) is 5. The number of benzene rings is 1. The van der Waals surface area contributed by atoms with Gasteiger partial charge in [0.2, 0.25) is 10.0 Å². The van der Waals surface area contributed by atoms with Crippen LogP contribution < -0.4 is 20.1 Å². The number of rotatable bonds is 8. The fourth-order valence-corrected chi connectivity index (χ4v) is 3.93. The number of halogens is 1. The molecule has 1 unspecified atom stereocenters. The van der Waals surface area contributed by atoms with E-state index in [9.17, 15) is 8.42 Å². The second kappa shape index (κ2) is 10.5. The molecular weight excluding hydrogens is 507 g/mol. The molecule has 10 heteroatoms. The molecule has 3 N–H and O–H groups in total. The summed E-state index contributed by atoms with van der Waals surface area (Å²) < 4.78 is 37.2. The van der Waals surface area contributed by atoms with Gasteiger partial charge < -0.3 is 19.8 Å². The minimum Gasteiger partial charge on any atom is -0.490 e. The molecule has 1 heterocycles. The Balaban J connectivity index is 0.00000420. The number of furan rings is 1. The van der Waals surface area contributed by atoms with E-state index in [4.69, 9.17) is 9.15 Å². The quantitative estimate of drug-likeness (QED) is 0.271. The summed E-state index contributed by atoms with van der Waals surface area (Å²) in [6, 6.07) is 7.61. The van der Waals surface area contributed by atoms with Gasteiger partial charge in [0.05, 0.1) is 18.9 Å². The largest absolute Gasteiger partial charge is 0.490 e. The number of sulfonamides is 1. The molecule has 2 aromatic rings. The lowest BCUT2D eigenvalue weighted by Gasteiger charge is -2.27. The Labute approximate surface area is 189 Å². The van der Waals surface area contributed by atoms with Gasteiger partial charge in [0.15, 0.2) is 17.3 Å². The summed E-state index contributed by atoms with van der Waals surface area (Å²) in [6.45, 7) is 8.42. The van der Waals surface area contributed by atoms with Gasteiger partial charge in [-0.15, -0.1) is 24.0 Å². The predicted octanol–water partition coefficient (Wildman–Crippen LogP) is 3.00. The summed E-state index contributed by atoms with van der Waals surface area (Å²) in [4.78, 5) is 4.20. The number of hydrogen-bond donors (Lipinski definition) is 3. The van der Waals surface area contributed by atoms with Gasteiger partial charge in [-0.25, -0.2) is 13.1 Å². The molecule has 1 aromatic carbocycles. The maximum atomic E-state index is 11.5. The molecule has 0 bridgehead atoms. The summed E-state index contributed by atoms with van der Waals surface area (Å²) in [5.41, 5.74) is 0.0506. The van der Waals surface area contributed by atoms with Crippen LogP contribution in [0.1, 0.15) is 39.5 Å². The van der Waals surface area contributed by atoms with Gasteiger partial charge in [0, 0.05) is 24.5 Å². The van der Waals surface area contributed by atoms with Gasteiger partial charge in [0.1, 0.15) is 5.76 Å². The van der Waals surface area contributed by atoms with Gasteiger partial charge in [0.25, 0.3) is 0 Å². The first-order chi connectivity index (χ1) is 13.0. The first-order valence-electron chi connectivity index (χ1n) is 9.16. The van der Waals surface area contributed by atoms with E-state index in [2.05, 4.69) is 20.3 Å². The Bertz CT molecular complexity index is 941. The first-order valence-corrected chi connectivity index (χ1v) is 11.0. The van der Waals surface area contributed by atoms with Crippen LogP contribution in [0.15, 0.2) is 33.7 Å². The minimum atomic E-state index is -3.30. The highest BCUT2D eigenvalue weighted by molar-refractivity contribution is 14.0. The van der Waals surface area contributed by atoms with Crippen molar-refractivity contribution in [2.45, 2.75) is 39.3 Å². The third-order valence-corrected chi connectivity index (χ3v) is 4.91. The van der Waals surface area contributed by atoms with Gasteiger partial charge in [-0.1, -0.05) is 12.1 Å². The number of nitrogens with zero attached hydrogens (tertiary/aromatic N) is 1. The number of ether oxygens (including phenoxy) is 1. The molecule has 2 rings (SSSR count). The van der Waals surface area contributed by atoms with E-state index < -0.39 is 15.6 Å². The zero-order chi connectivity index (χ0) is 20.9. The molecule has 0 aliphatic heterocycles. The molecule has 0 radical (unpaired) electrons. The highest BCUT2D eigenvalue weighted by Crippen LogP contribution is 2.31. The lowest BCUT2D eigenvalue weighted by atomic mass is 10.1. The van der Waals surface area contributed by atoms with Gasteiger partial charge >= 0.3 is 0 Å². The first kappa shape index (κ1) is 25.5. The fraction of sp³-hybridized carbons (Fsp3) is 0.526. The van der Waals surface area contributed by atoms with Crippen molar-refractivity contribution in [3.8, 4) is 5.75 Å². The molecule has 0 spiro atoms. The average Bonchev–Trinajstić information content (AvgIpc) is 3.02. The van der Waals surface area contributed by atoms with Crippen LogP contribution in [0.2, 0.25) is 0 Å². The van der Waals surface area contributed by atoms with Gasteiger partial charge in [-0.3, -0.25) is 4.99 Å². The number of aliphatic imine (C=N–C) groups is 1. The second-order valence-electron chi connectivity index (χ2n) is 7.31. The average molecular weight is 538 g/mol. The van der Waals surface area contributed by atoms with Crippen molar-refractivity contribution in [1.29, 1.82) is 0 Å². The topological polar surface area (TPSA) is 105 Å². The molecule has 0 amide bonds. The second-order valence-corrected chi connectivity index (χ2v) is 9.05. The van der Waals surface area contributed by atoms with Crippen molar-refractivity contribution in [3.05, 3.63) is 30.0 Å². The van der Waals surface area contributed by atoms with E-state index in [1.165, 1.54) is 0 Å². The van der Waals surface area contributed by atoms with E-state index in [1.807, 2.05) is 38.1 Å². The maximum absolute atomic E-state index is 11.5. The molecule has 1 aromatic heterocycles. The van der Waals surface area contributed by atoms with Crippen LogP contribution in [0, 0.1) is 0 Å². The van der Waals surface area contributed by atoms with Gasteiger partial charge in [-0.2, -0.15) is 0 Å². The molecule has 164 valence electrons. The van der Waals surface area contributed by atoms with Crippen LogP contribution in [-0.2, 0) is 10.0 Å². The predicted molar refractivity (Wildman–Crippen MR) is 128 cm³/mol. The maximum Gasteiger partial charge on any atom is 0.209 e. The van der Waals surface area contributed by atoms with E-state index in [0.717, 1.165) is 28.7 Å². The number of nitrogens with one attached hydrogen (secondary N) is 3. The summed E-state index contributed by atoms with van der Waals surface area (Å²) in [5.74, 6) is 2.01. The zero-order valence-corrected chi connectivity index (χ0v) is 20.8. The zero-order valence-electron chi connectivity index (χ0n) is 17.7. The SMILES string of the molecule is CCOc1cccc2cc(C(C)NC(=NC)NCC(C)(C)NS(C)(=O)=O)oc12.I. The van der Waals surface area contributed by atoms with E-state index in [0.29, 0.717) is 19.1 Å². The highest BCUT2D eigenvalue weighted by atomic mass is 127. The number of fused-ring (bicyclic) bond motifs is 1. The third-order valence-electron chi connectivity index (χ3n) is 3.99. The van der Waals surface area contributed by atoms with Crippen LogP contribution in [0.25, 0.3) is 11.0 Å². The molecule has 0 aliphatic rings.